The van der Waals surface area contributed by atoms with Crippen molar-refractivity contribution in [1.29, 1.82) is 0 Å². The quantitative estimate of drug-likeness (QED) is 0.0357. The summed E-state index contributed by atoms with van der Waals surface area (Å²) in [4.78, 5) is 5.28. The zero-order valence-electron chi connectivity index (χ0n) is 80.9. The molecule has 0 amide bonds. The molecule has 4 nitrogen and oxygen atoms in total. The fourth-order valence-corrected chi connectivity index (χ4v) is 25.4. The maximum atomic E-state index is 5.05. The molecule has 2 aliphatic rings. The molecule has 0 aliphatic heterocycles. The smallest absolute Gasteiger partial charge is 0.112 e. The van der Waals surface area contributed by atoms with Gasteiger partial charge in [-0.05, 0) is 173 Å². The molecule has 128 heavy (non-hydrogen) atoms. The summed E-state index contributed by atoms with van der Waals surface area (Å²) in [6.07, 6.45) is 85.6. The van der Waals surface area contributed by atoms with Crippen LogP contribution in [0.3, 0.4) is 0 Å². The Morgan fingerprint density at radius 3 is 0.875 bits per heavy atom. The van der Waals surface area contributed by atoms with E-state index in [2.05, 4.69) is 193 Å². The highest BCUT2D eigenvalue weighted by molar-refractivity contribution is 7.19. The van der Waals surface area contributed by atoms with E-state index in [0.717, 1.165) is 58.6 Å². The molecule has 0 radical (unpaired) electrons. The number of thiophene rings is 2. The van der Waals surface area contributed by atoms with Crippen LogP contribution in [0.1, 0.15) is 464 Å². The summed E-state index contributed by atoms with van der Waals surface area (Å²) < 4.78 is 19.8. The van der Waals surface area contributed by atoms with Gasteiger partial charge in [0.2, 0.25) is 0 Å². The summed E-state index contributed by atoms with van der Waals surface area (Å²) in [5, 5.41) is 4.87. The van der Waals surface area contributed by atoms with Crippen LogP contribution < -0.4 is 0 Å². The molecule has 688 valence electrons. The normalized spacial score (nSPS) is 13.0. The lowest BCUT2D eigenvalue weighted by Gasteiger charge is -2.44. The Morgan fingerprint density at radius 1 is 0.258 bits per heavy atom. The van der Waals surface area contributed by atoms with Crippen LogP contribution in [0.5, 0.6) is 0 Å². The number of aromatic nitrogens is 4. The molecule has 0 spiro atoms. The molecular weight excluding hydrogens is 1630 g/mol. The summed E-state index contributed by atoms with van der Waals surface area (Å²) in [7, 11) is 0. The first-order valence-corrected chi connectivity index (χ1v) is 56.3. The van der Waals surface area contributed by atoms with Gasteiger partial charge in [0, 0.05) is 53.2 Å². The van der Waals surface area contributed by atoms with Gasteiger partial charge < -0.3 is 0 Å². The van der Waals surface area contributed by atoms with Crippen LogP contribution >= 0.6 is 46.1 Å². The molecule has 4 heterocycles. The van der Waals surface area contributed by atoms with E-state index < -0.39 is 10.8 Å². The highest BCUT2D eigenvalue weighted by Crippen LogP contribution is 2.65. The molecule has 13 rings (SSSR count). The second-order valence-corrected chi connectivity index (χ2v) is 42.9. The Labute approximate surface area is 794 Å². The van der Waals surface area contributed by atoms with Crippen molar-refractivity contribution in [2.75, 3.05) is 0 Å². The number of benzene rings is 7. The first kappa shape index (κ1) is 98.8. The standard InChI is InChI=1S/C120H164N4S4/c1-7-11-15-19-23-27-31-35-39-43-47-51-55-59-63-95-67-75-101(76-68-95)119(102-77-69-96(70-78-102)64-60-56-52-48-44-40-36-32-28-24-20-16-12-8-2)108-86-84-106-114-109(85-83-105(113(108)114)117-110(119)88-94(6)125-117)120(103-79-71-97(72-80-103)65-61-57-53-49-45-41-37-33-29-25-21-17-13-9-3,104-81-73-98(74-82-104)66-62-58-54-50-46-42-38-34-30-26-22-18-14-10-4)111-90-112(126-118(106)111)100-89-107-99(91-121-127-122-92-100)87-93(5)115-116(107)124-128-123-115/h67-92H,7-66H2,1-6H3. The molecule has 0 saturated carbocycles. The summed E-state index contributed by atoms with van der Waals surface area (Å²) in [6.45, 7) is 13.8. The van der Waals surface area contributed by atoms with E-state index in [4.69, 9.17) is 17.5 Å². The summed E-state index contributed by atoms with van der Waals surface area (Å²) >= 11 is 6.53. The molecule has 0 bridgehead atoms. The van der Waals surface area contributed by atoms with Crippen LogP contribution in [-0.4, -0.2) is 17.5 Å². The van der Waals surface area contributed by atoms with Crippen molar-refractivity contribution in [3.05, 3.63) is 235 Å². The van der Waals surface area contributed by atoms with Gasteiger partial charge in [-0.3, -0.25) is 0 Å². The van der Waals surface area contributed by atoms with E-state index in [9.17, 15) is 0 Å². The number of unbranched alkanes of at least 4 members (excludes halogenated alkanes) is 52. The highest BCUT2D eigenvalue weighted by Gasteiger charge is 2.51. The van der Waals surface area contributed by atoms with Gasteiger partial charge in [0.15, 0.2) is 0 Å². The molecule has 8 heteroatoms. The number of fused-ring (bicyclic) bond motifs is 7. The van der Waals surface area contributed by atoms with Gasteiger partial charge in [-0.15, -0.1) is 22.7 Å². The van der Waals surface area contributed by atoms with E-state index in [1.165, 1.54) is 491 Å². The third-order valence-electron chi connectivity index (χ3n) is 29.5. The second kappa shape index (κ2) is 54.5. The summed E-state index contributed by atoms with van der Waals surface area (Å²) in [5.41, 5.74) is 22.1. The number of hydrogen-bond donors (Lipinski definition) is 0. The number of rotatable bonds is 65. The van der Waals surface area contributed by atoms with Gasteiger partial charge in [0.05, 0.1) is 40.5 Å². The average Bonchev–Trinajstić information content (AvgIpc) is 1.26. The number of aryl methyl sites for hydroxylation is 6. The predicted octanol–water partition coefficient (Wildman–Crippen LogP) is 39.2. The second-order valence-electron chi connectivity index (χ2n) is 39.5. The minimum Gasteiger partial charge on any atom is -0.183 e. The van der Waals surface area contributed by atoms with Gasteiger partial charge in [-0.25, -0.2) is 0 Å². The van der Waals surface area contributed by atoms with Crippen molar-refractivity contribution in [2.24, 2.45) is 0 Å². The van der Waals surface area contributed by atoms with Crippen LogP contribution in [0.15, 0.2) is 158 Å². The zero-order chi connectivity index (χ0) is 88.5. The molecule has 7 aromatic carbocycles. The van der Waals surface area contributed by atoms with Gasteiger partial charge in [-0.2, -0.15) is 17.5 Å². The predicted molar refractivity (Wildman–Crippen MR) is 565 cm³/mol. The summed E-state index contributed by atoms with van der Waals surface area (Å²) in [5.74, 6) is 0. The lowest BCUT2D eigenvalue weighted by atomic mass is 9.57. The SMILES string of the molecule is CCCCCCCCCCCCCCCCc1ccc(C2(c3ccc(CCCCCCCCCCCCCCCC)cc3)c3cc(C)sc3-c3ccc4c5c(ccc2c35)-c2sc(-c3cnsncc5cc(C)c6nsnc6c5c3)cc2C4(c2ccc(CCCCCCCCCCCCCCCC)cc2)c2ccc(CCCCCCCCCCCCCCCC)cc2)cc1. The Bertz CT molecular complexity index is 4920. The molecule has 4 aromatic heterocycles. The fraction of sp³-hybridized carbons (Fsp3) is 0.567. The van der Waals surface area contributed by atoms with Gasteiger partial charge in [-0.1, -0.05) is 483 Å². The fourth-order valence-electron chi connectivity index (χ4n) is 22.1. The third-order valence-corrected chi connectivity index (χ3v) is 32.8. The van der Waals surface area contributed by atoms with Crippen LogP contribution in [0.2, 0.25) is 0 Å². The van der Waals surface area contributed by atoms with Gasteiger partial charge in [0.25, 0.3) is 0 Å². The molecule has 11 aromatic rings. The molecule has 0 atom stereocenters. The molecule has 0 N–H and O–H groups in total. The highest BCUT2D eigenvalue weighted by atomic mass is 32.1. The van der Waals surface area contributed by atoms with Crippen LogP contribution in [0.25, 0.3) is 63.9 Å². The lowest BCUT2D eigenvalue weighted by Crippen LogP contribution is -2.36. The maximum Gasteiger partial charge on any atom is 0.112 e. The monoisotopic (exact) mass is 1790 g/mol. The van der Waals surface area contributed by atoms with E-state index in [0.29, 0.717) is 0 Å². The molecule has 2 aliphatic carbocycles. The number of nitrogens with zero attached hydrogens (tertiary/aromatic N) is 4. The van der Waals surface area contributed by atoms with Crippen molar-refractivity contribution in [1.82, 2.24) is 17.5 Å². The van der Waals surface area contributed by atoms with Crippen LogP contribution in [0, 0.1) is 13.8 Å². The Balaban J connectivity index is 0.875. The van der Waals surface area contributed by atoms with E-state index in [1.807, 2.05) is 28.9 Å². The van der Waals surface area contributed by atoms with Gasteiger partial charge in [0.1, 0.15) is 11.0 Å². The minimum absolute atomic E-state index is 0.612. The minimum atomic E-state index is -0.720. The Morgan fingerprint density at radius 2 is 0.547 bits per heavy atom. The number of hydrogen-bond acceptors (Lipinski definition) is 8. The van der Waals surface area contributed by atoms with Gasteiger partial charge >= 0.3 is 0 Å². The van der Waals surface area contributed by atoms with Crippen LogP contribution in [0.4, 0.5) is 0 Å². The molecule has 0 fully saturated rings. The molecule has 0 unspecified atom stereocenters. The Kier molecular flexibility index (Phi) is 42.1. The largest absolute Gasteiger partial charge is 0.183 e. The first-order chi connectivity index (χ1) is 63.3. The Hall–Kier alpha value is -6.68. The average molecular weight is 1790 g/mol. The topological polar surface area (TPSA) is 51.6 Å². The summed E-state index contributed by atoms with van der Waals surface area (Å²) in [6, 6.07) is 61.2. The molecule has 0 saturated heterocycles. The van der Waals surface area contributed by atoms with E-state index in [-0.39, 0.29) is 0 Å². The van der Waals surface area contributed by atoms with Crippen molar-refractivity contribution >= 4 is 78.7 Å². The van der Waals surface area contributed by atoms with Crippen molar-refractivity contribution in [3.8, 4) is 31.3 Å². The maximum absolute atomic E-state index is 5.05. The van der Waals surface area contributed by atoms with E-state index in [1.54, 1.807) is 0 Å². The van der Waals surface area contributed by atoms with Crippen molar-refractivity contribution < 1.29 is 0 Å². The van der Waals surface area contributed by atoms with Crippen molar-refractivity contribution in [3.63, 3.8) is 0 Å². The van der Waals surface area contributed by atoms with E-state index >= 15 is 0 Å². The molecular formula is C120H164N4S4. The van der Waals surface area contributed by atoms with Crippen LogP contribution in [-0.2, 0) is 36.5 Å². The zero-order valence-corrected chi connectivity index (χ0v) is 84.1. The van der Waals surface area contributed by atoms with Crippen molar-refractivity contribution in [2.45, 2.75) is 438 Å². The first-order valence-electron chi connectivity index (χ1n) is 53.2. The lowest BCUT2D eigenvalue weighted by molar-refractivity contribution is 0.535. The third kappa shape index (κ3) is 26.9.